The maximum Gasteiger partial charge on any atom is 0.465 e. The van der Waals surface area contributed by atoms with Gasteiger partial charge in [-0.2, -0.15) is 17.2 Å². The van der Waals surface area contributed by atoms with E-state index in [2.05, 4.69) is 13.8 Å². The van der Waals surface area contributed by atoms with Crippen LogP contribution in [0.1, 0.15) is 136 Å². The van der Waals surface area contributed by atoms with Gasteiger partial charge in [0.15, 0.2) is 6.29 Å². The summed E-state index contributed by atoms with van der Waals surface area (Å²) < 4.78 is 89.7. The van der Waals surface area contributed by atoms with E-state index >= 15 is 0 Å². The zero-order valence-corrected chi connectivity index (χ0v) is 32.8. The summed E-state index contributed by atoms with van der Waals surface area (Å²) in [6, 6.07) is 0. The van der Waals surface area contributed by atoms with Crippen molar-refractivity contribution in [2.75, 3.05) is 26.4 Å². The van der Waals surface area contributed by atoms with Gasteiger partial charge in [-0.25, -0.2) is 4.79 Å². The molecule has 0 spiro atoms. The summed E-state index contributed by atoms with van der Waals surface area (Å²) in [4.78, 5) is 40.1. The molecule has 7 fully saturated rings. The lowest BCUT2D eigenvalue weighted by atomic mass is 9.59. The molecule has 9 atom stereocenters. The Morgan fingerprint density at radius 1 is 0.759 bits per heavy atom. The summed E-state index contributed by atoms with van der Waals surface area (Å²) in [5.41, 5.74) is -3.04. The largest absolute Gasteiger partial charge is 0.465 e. The van der Waals surface area contributed by atoms with E-state index in [9.17, 15) is 31.6 Å². The zero-order valence-electron chi connectivity index (χ0n) is 32.0. The van der Waals surface area contributed by atoms with Gasteiger partial charge < -0.3 is 23.7 Å². The quantitative estimate of drug-likeness (QED) is 0.127. The van der Waals surface area contributed by atoms with Crippen molar-refractivity contribution >= 4 is 28.0 Å². The van der Waals surface area contributed by atoms with Crippen LogP contribution in [0.2, 0.25) is 0 Å². The average Bonchev–Trinajstić information content (AvgIpc) is 3.10. The van der Waals surface area contributed by atoms with Gasteiger partial charge in [0, 0.05) is 6.42 Å². The third-order valence-corrected chi connectivity index (χ3v) is 15.5. The van der Waals surface area contributed by atoms with Crippen molar-refractivity contribution in [2.24, 2.45) is 51.8 Å². The number of ether oxygens (including phenoxy) is 5. The van der Waals surface area contributed by atoms with E-state index in [0.29, 0.717) is 55.8 Å². The number of carbonyl (C=O) groups is 3. The molecule has 9 unspecified atom stereocenters. The summed E-state index contributed by atoms with van der Waals surface area (Å²) in [6.45, 7) is 4.82. The molecule has 11 nitrogen and oxygen atoms in total. The molecule has 1 aliphatic heterocycles. The smallest absolute Gasteiger partial charge is 0.464 e. The first kappa shape index (κ1) is 40.3. The molecule has 14 heteroatoms. The molecule has 6 saturated carbocycles. The van der Waals surface area contributed by atoms with Crippen molar-refractivity contribution in [3.05, 3.63) is 0 Å². The van der Waals surface area contributed by atoms with E-state index in [1.807, 2.05) is 0 Å². The molecule has 6 bridgehead atoms. The third-order valence-electron chi connectivity index (χ3n) is 14.7. The lowest BCUT2D eigenvalue weighted by Crippen LogP contribution is -2.52. The summed E-state index contributed by atoms with van der Waals surface area (Å²) >= 11 is 0. The molecule has 6 aliphatic carbocycles. The molecule has 0 aromatic heterocycles. The zero-order chi connectivity index (χ0) is 38.6. The minimum Gasteiger partial charge on any atom is -0.464 e. The molecule has 0 aromatic rings. The average molecular weight is 787 g/mol. The van der Waals surface area contributed by atoms with Crippen LogP contribution in [0.3, 0.4) is 0 Å². The van der Waals surface area contributed by atoms with Crippen LogP contribution in [0, 0.1) is 51.8 Å². The van der Waals surface area contributed by atoms with Crippen molar-refractivity contribution < 1.29 is 59.8 Å². The number of fused-ring (bicyclic) bond motifs is 6. The van der Waals surface area contributed by atoms with Crippen LogP contribution in [0.15, 0.2) is 0 Å². The van der Waals surface area contributed by atoms with E-state index in [1.165, 1.54) is 0 Å². The molecule has 0 amide bonds. The van der Waals surface area contributed by atoms with Crippen molar-refractivity contribution in [2.45, 2.75) is 153 Å². The normalized spacial score (nSPS) is 42.4. The topological polar surface area (TPSA) is 152 Å². The van der Waals surface area contributed by atoms with Gasteiger partial charge in [-0.3, -0.25) is 14.1 Å². The summed E-state index contributed by atoms with van der Waals surface area (Å²) in [5, 5.41) is -5.04. The molecule has 1 N–H and O–H groups in total. The number of carbonyl (C=O) groups excluding carboxylic acids is 3. The van der Waals surface area contributed by atoms with Crippen LogP contribution >= 0.6 is 0 Å². The Hall–Kier alpha value is -1.90. The molecule has 7 aliphatic rings. The summed E-state index contributed by atoms with van der Waals surface area (Å²) in [5.74, 6) is -0.488. The molecule has 7 rings (SSSR count). The maximum absolute atomic E-state index is 14.1. The highest BCUT2D eigenvalue weighted by molar-refractivity contribution is 7.87. The Morgan fingerprint density at radius 2 is 1.30 bits per heavy atom. The second-order valence-electron chi connectivity index (χ2n) is 19.2. The highest BCUT2D eigenvalue weighted by atomic mass is 32.2. The van der Waals surface area contributed by atoms with Crippen LogP contribution in [0.5, 0.6) is 0 Å². The summed E-state index contributed by atoms with van der Waals surface area (Å²) in [7, 11) is -5.96. The number of alkyl halides is 2. The molecule has 0 radical (unpaired) electrons. The Bertz CT molecular complexity index is 1470. The van der Waals surface area contributed by atoms with Gasteiger partial charge in [0.25, 0.3) is 0 Å². The van der Waals surface area contributed by atoms with Crippen molar-refractivity contribution in [3.63, 3.8) is 0 Å². The van der Waals surface area contributed by atoms with Gasteiger partial charge in [-0.1, -0.05) is 39.5 Å². The first-order valence-corrected chi connectivity index (χ1v) is 22.1. The van der Waals surface area contributed by atoms with Gasteiger partial charge in [0.1, 0.15) is 18.8 Å². The van der Waals surface area contributed by atoms with Crippen LogP contribution in [-0.2, 0) is 48.2 Å². The molecule has 54 heavy (non-hydrogen) atoms. The summed E-state index contributed by atoms with van der Waals surface area (Å²) in [6.07, 6.45) is 14.4. The third kappa shape index (κ3) is 8.10. The van der Waals surface area contributed by atoms with Crippen molar-refractivity contribution in [1.82, 2.24) is 0 Å². The number of hydrogen-bond donors (Lipinski definition) is 1. The second-order valence-corrected chi connectivity index (χ2v) is 20.7. The Kier molecular flexibility index (Phi) is 11.3. The standard InChI is InChI=1S/C40H60F2O11S/c1-26-14-28-6-3-10-37(17-26,19-28)33(43)51-24-36(25-52-34(44)38-11-4-7-29(20-38)15-27(2)18-38)22-49-32(50-23-36)16-30-9-13-39(12-5-8-31(30)21-39)53-35(45)40(41,42)54(46,47)48/h26-32H,3-25H2,1-2H3,(H,46,47,48). The van der Waals surface area contributed by atoms with Crippen LogP contribution < -0.4 is 0 Å². The fourth-order valence-electron chi connectivity index (χ4n) is 12.4. The van der Waals surface area contributed by atoms with E-state index in [1.54, 1.807) is 0 Å². The Balaban J connectivity index is 0.995. The van der Waals surface area contributed by atoms with Crippen LogP contribution in [0.4, 0.5) is 8.78 Å². The lowest BCUT2D eigenvalue weighted by molar-refractivity contribution is -0.258. The highest BCUT2D eigenvalue weighted by Gasteiger charge is 2.58. The SMILES string of the molecule is CC1CC2CCCC(C(=O)OCC3(COC(=O)C45CCCC(CC(C)C4)C5)COC(CC4CCC5(OC(=O)C(F)(F)S(=O)(=O)O)CCCC4C5)OC3)(C1)C2. The molecular weight excluding hydrogens is 726 g/mol. The minimum atomic E-state index is -5.96. The fraction of sp³-hybridized carbons (Fsp3) is 0.925. The van der Waals surface area contributed by atoms with Crippen molar-refractivity contribution in [1.29, 1.82) is 0 Å². The number of rotatable bonds is 11. The number of esters is 3. The Morgan fingerprint density at radius 3 is 1.83 bits per heavy atom. The molecule has 306 valence electrons. The van der Waals surface area contributed by atoms with E-state index in [0.717, 1.165) is 83.5 Å². The number of hydrogen-bond acceptors (Lipinski definition) is 10. The monoisotopic (exact) mass is 786 g/mol. The van der Waals surface area contributed by atoms with E-state index in [4.69, 9.17) is 28.2 Å². The lowest BCUT2D eigenvalue weighted by Gasteiger charge is -2.49. The first-order chi connectivity index (χ1) is 25.5. The van der Waals surface area contributed by atoms with Crippen LogP contribution in [-0.4, -0.2) is 74.5 Å². The van der Waals surface area contributed by atoms with E-state index < -0.39 is 49.5 Å². The second kappa shape index (κ2) is 15.1. The first-order valence-electron chi connectivity index (χ1n) is 20.6. The predicted octanol–water partition coefficient (Wildman–Crippen LogP) is 7.40. The minimum absolute atomic E-state index is 0.00775. The van der Waals surface area contributed by atoms with Gasteiger partial charge in [0.05, 0.1) is 29.5 Å². The highest BCUT2D eigenvalue weighted by Crippen LogP contribution is 2.54. The van der Waals surface area contributed by atoms with Gasteiger partial charge in [0.2, 0.25) is 0 Å². The predicted molar refractivity (Wildman–Crippen MR) is 190 cm³/mol. The fourth-order valence-corrected chi connectivity index (χ4v) is 12.6. The maximum atomic E-state index is 14.1. The molecular formula is C40H60F2O11S. The van der Waals surface area contributed by atoms with Gasteiger partial charge >= 0.3 is 33.3 Å². The van der Waals surface area contributed by atoms with Gasteiger partial charge in [-0.15, -0.1) is 0 Å². The number of halogens is 2. The van der Waals surface area contributed by atoms with Crippen LogP contribution in [0.25, 0.3) is 0 Å². The van der Waals surface area contributed by atoms with Gasteiger partial charge in [-0.05, 0) is 125 Å². The van der Waals surface area contributed by atoms with E-state index in [-0.39, 0.29) is 56.6 Å². The molecule has 1 saturated heterocycles. The Labute approximate surface area is 318 Å². The van der Waals surface area contributed by atoms with Crippen molar-refractivity contribution in [3.8, 4) is 0 Å². The molecule has 1 heterocycles. The molecule has 0 aromatic carbocycles.